The first-order valence-corrected chi connectivity index (χ1v) is 6.65. The fourth-order valence-corrected chi connectivity index (χ4v) is 2.19. The van der Waals surface area contributed by atoms with Crippen molar-refractivity contribution >= 4 is 27.5 Å². The lowest BCUT2D eigenvalue weighted by atomic mass is 9.95. The maximum absolute atomic E-state index is 13.9. The number of nitrogens with zero attached hydrogens (tertiary/aromatic N) is 3. The van der Waals surface area contributed by atoms with E-state index in [4.69, 9.17) is 11.6 Å². The molecule has 0 amide bonds. The lowest BCUT2D eigenvalue weighted by Crippen LogP contribution is -2.19. The summed E-state index contributed by atoms with van der Waals surface area (Å²) in [5, 5.41) is 7.75. The lowest BCUT2D eigenvalue weighted by molar-refractivity contribution is 0.524. The van der Waals surface area contributed by atoms with Gasteiger partial charge in [0.2, 0.25) is 5.28 Å². The number of benzene rings is 1. The van der Waals surface area contributed by atoms with Crippen molar-refractivity contribution in [2.75, 3.05) is 0 Å². The van der Waals surface area contributed by atoms with Crippen LogP contribution in [0, 0.1) is 11.6 Å². The molecule has 0 unspecified atom stereocenters. The number of hydrogen-bond donors (Lipinski definition) is 0. The molecule has 7 heteroatoms. The van der Waals surface area contributed by atoms with Crippen molar-refractivity contribution in [2.45, 2.75) is 26.2 Å². The second-order valence-corrected chi connectivity index (χ2v) is 6.29. The zero-order valence-electron chi connectivity index (χ0n) is 10.5. The Kier molecular flexibility index (Phi) is 3.66. The summed E-state index contributed by atoms with van der Waals surface area (Å²) in [6.45, 7) is 5.71. The Morgan fingerprint density at radius 3 is 2.37 bits per heavy atom. The standard InChI is InChI=1S/C12H11BrClF2N3/c1-12(2,3)10-17-18-11(14)19(10)9-4-6(13)7(15)5-8(9)16/h4-5H,1-3H3. The fourth-order valence-electron chi connectivity index (χ4n) is 1.65. The van der Waals surface area contributed by atoms with E-state index in [1.165, 1.54) is 10.6 Å². The van der Waals surface area contributed by atoms with Gasteiger partial charge in [-0.05, 0) is 33.6 Å². The molecule has 1 heterocycles. The van der Waals surface area contributed by atoms with E-state index in [0.29, 0.717) is 5.82 Å². The minimum absolute atomic E-state index is 0.0299. The molecule has 19 heavy (non-hydrogen) atoms. The maximum atomic E-state index is 13.9. The Balaban J connectivity index is 2.73. The summed E-state index contributed by atoms with van der Waals surface area (Å²) in [5.74, 6) is -0.912. The van der Waals surface area contributed by atoms with Gasteiger partial charge in [0.15, 0.2) is 0 Å². The normalized spacial score (nSPS) is 11.9. The minimum Gasteiger partial charge on any atom is -0.266 e. The molecule has 0 spiro atoms. The molecule has 0 aliphatic carbocycles. The second-order valence-electron chi connectivity index (χ2n) is 5.10. The van der Waals surface area contributed by atoms with Crippen molar-refractivity contribution < 1.29 is 8.78 Å². The van der Waals surface area contributed by atoms with Gasteiger partial charge in [0.1, 0.15) is 17.5 Å². The van der Waals surface area contributed by atoms with E-state index in [9.17, 15) is 8.78 Å². The van der Waals surface area contributed by atoms with Crippen LogP contribution in [0.3, 0.4) is 0 Å². The Morgan fingerprint density at radius 1 is 1.16 bits per heavy atom. The van der Waals surface area contributed by atoms with E-state index in [1.807, 2.05) is 20.8 Å². The van der Waals surface area contributed by atoms with Gasteiger partial charge >= 0.3 is 0 Å². The highest BCUT2D eigenvalue weighted by Gasteiger charge is 2.26. The van der Waals surface area contributed by atoms with Crippen molar-refractivity contribution in [2.24, 2.45) is 0 Å². The summed E-state index contributed by atoms with van der Waals surface area (Å²) in [4.78, 5) is 0. The van der Waals surface area contributed by atoms with Gasteiger partial charge in [-0.1, -0.05) is 20.8 Å². The Labute approximate surface area is 122 Å². The van der Waals surface area contributed by atoms with E-state index < -0.39 is 11.6 Å². The number of hydrogen-bond acceptors (Lipinski definition) is 2. The molecule has 1 aromatic carbocycles. The van der Waals surface area contributed by atoms with Crippen molar-refractivity contribution in [1.29, 1.82) is 0 Å². The summed E-state index contributed by atoms with van der Waals surface area (Å²) >= 11 is 8.99. The van der Waals surface area contributed by atoms with Crippen LogP contribution in [-0.4, -0.2) is 14.8 Å². The van der Waals surface area contributed by atoms with Crippen LogP contribution in [0.15, 0.2) is 16.6 Å². The topological polar surface area (TPSA) is 30.7 Å². The molecule has 0 N–H and O–H groups in total. The summed E-state index contributed by atoms with van der Waals surface area (Å²) in [6.07, 6.45) is 0. The monoisotopic (exact) mass is 349 g/mol. The zero-order chi connectivity index (χ0) is 14.4. The van der Waals surface area contributed by atoms with E-state index in [2.05, 4.69) is 26.1 Å². The van der Waals surface area contributed by atoms with Gasteiger partial charge in [0.05, 0.1) is 10.2 Å². The van der Waals surface area contributed by atoms with Crippen molar-refractivity contribution in [3.8, 4) is 5.69 Å². The SMILES string of the molecule is CC(C)(C)c1nnc(Cl)n1-c1cc(Br)c(F)cc1F. The van der Waals surface area contributed by atoms with Crippen LogP contribution in [0.2, 0.25) is 5.28 Å². The van der Waals surface area contributed by atoms with Crippen LogP contribution in [-0.2, 0) is 5.41 Å². The van der Waals surface area contributed by atoms with Crippen LogP contribution in [0.4, 0.5) is 8.78 Å². The molecule has 102 valence electrons. The van der Waals surface area contributed by atoms with E-state index in [0.717, 1.165) is 6.07 Å². The highest BCUT2D eigenvalue weighted by atomic mass is 79.9. The van der Waals surface area contributed by atoms with Gasteiger partial charge < -0.3 is 0 Å². The number of halogens is 4. The van der Waals surface area contributed by atoms with Gasteiger partial charge in [-0.3, -0.25) is 4.57 Å². The van der Waals surface area contributed by atoms with Crippen molar-refractivity contribution in [1.82, 2.24) is 14.8 Å². The molecule has 0 atom stereocenters. The molecule has 0 aliphatic rings. The first-order valence-electron chi connectivity index (χ1n) is 5.48. The Morgan fingerprint density at radius 2 is 1.79 bits per heavy atom. The highest BCUT2D eigenvalue weighted by Crippen LogP contribution is 2.30. The average Bonchev–Trinajstić information content (AvgIpc) is 2.65. The average molecular weight is 351 g/mol. The molecule has 0 radical (unpaired) electrons. The predicted octanol–water partition coefficient (Wildman–Crippen LogP) is 4.26. The van der Waals surface area contributed by atoms with Crippen LogP contribution in [0.1, 0.15) is 26.6 Å². The molecule has 0 saturated carbocycles. The summed E-state index contributed by atoms with van der Waals surface area (Å²) in [6, 6.07) is 2.11. The Hall–Kier alpha value is -1.01. The summed E-state index contributed by atoms with van der Waals surface area (Å²) in [5.41, 5.74) is -0.277. The van der Waals surface area contributed by atoms with Crippen LogP contribution >= 0.6 is 27.5 Å². The lowest BCUT2D eigenvalue weighted by Gasteiger charge is -2.19. The van der Waals surface area contributed by atoms with Gasteiger partial charge in [0, 0.05) is 11.5 Å². The molecule has 0 aliphatic heterocycles. The summed E-state index contributed by atoms with van der Waals surface area (Å²) < 4.78 is 28.7. The van der Waals surface area contributed by atoms with Crippen LogP contribution in [0.25, 0.3) is 5.69 Å². The number of aromatic nitrogens is 3. The molecule has 0 fully saturated rings. The zero-order valence-corrected chi connectivity index (χ0v) is 12.9. The third kappa shape index (κ3) is 2.65. The van der Waals surface area contributed by atoms with Gasteiger partial charge in [-0.15, -0.1) is 10.2 Å². The van der Waals surface area contributed by atoms with Crippen LogP contribution in [0.5, 0.6) is 0 Å². The molecular weight excluding hydrogens is 340 g/mol. The molecule has 0 bridgehead atoms. The number of rotatable bonds is 1. The van der Waals surface area contributed by atoms with E-state index in [-0.39, 0.29) is 20.9 Å². The third-order valence-corrected chi connectivity index (χ3v) is 3.38. The van der Waals surface area contributed by atoms with Gasteiger partial charge in [-0.25, -0.2) is 8.78 Å². The first kappa shape index (κ1) is 14.4. The van der Waals surface area contributed by atoms with E-state index >= 15 is 0 Å². The van der Waals surface area contributed by atoms with Crippen molar-refractivity contribution in [3.05, 3.63) is 39.3 Å². The molecule has 1 aromatic heterocycles. The van der Waals surface area contributed by atoms with Gasteiger partial charge in [0.25, 0.3) is 0 Å². The predicted molar refractivity (Wildman–Crippen MR) is 72.7 cm³/mol. The first-order chi connectivity index (χ1) is 8.71. The highest BCUT2D eigenvalue weighted by molar-refractivity contribution is 9.10. The largest absolute Gasteiger partial charge is 0.266 e. The van der Waals surface area contributed by atoms with E-state index in [1.54, 1.807) is 0 Å². The molecule has 3 nitrogen and oxygen atoms in total. The molecule has 0 saturated heterocycles. The Bertz CT molecular complexity index is 635. The van der Waals surface area contributed by atoms with Crippen molar-refractivity contribution in [3.63, 3.8) is 0 Å². The molecule has 2 aromatic rings. The van der Waals surface area contributed by atoms with Gasteiger partial charge in [-0.2, -0.15) is 0 Å². The fraction of sp³-hybridized carbons (Fsp3) is 0.333. The third-order valence-electron chi connectivity index (χ3n) is 2.53. The minimum atomic E-state index is -0.729. The summed E-state index contributed by atoms with van der Waals surface area (Å²) in [7, 11) is 0. The molecular formula is C12H11BrClF2N3. The molecule has 2 rings (SSSR count). The van der Waals surface area contributed by atoms with Crippen LogP contribution < -0.4 is 0 Å². The maximum Gasteiger partial charge on any atom is 0.229 e. The second kappa shape index (κ2) is 4.83. The smallest absolute Gasteiger partial charge is 0.229 e. The quantitative estimate of drug-likeness (QED) is 0.720.